The van der Waals surface area contributed by atoms with E-state index in [1.165, 1.54) is 12.2 Å². The van der Waals surface area contributed by atoms with Gasteiger partial charge in [0, 0.05) is 37.1 Å². The quantitative estimate of drug-likeness (QED) is 0.822. The number of carbonyl (C=O) groups is 1. The van der Waals surface area contributed by atoms with Crippen LogP contribution < -0.4 is 10.6 Å². The molecule has 0 aromatic heterocycles. The topological polar surface area (TPSA) is 41.1 Å². The summed E-state index contributed by atoms with van der Waals surface area (Å²) in [4.78, 5) is 11.7. The van der Waals surface area contributed by atoms with E-state index < -0.39 is 0 Å². The highest BCUT2D eigenvalue weighted by molar-refractivity contribution is 7.99. The van der Waals surface area contributed by atoms with E-state index in [0.717, 1.165) is 18.8 Å². The number of amides is 1. The van der Waals surface area contributed by atoms with Gasteiger partial charge in [0.2, 0.25) is 5.91 Å². The van der Waals surface area contributed by atoms with Crippen LogP contribution in [0.3, 0.4) is 0 Å². The summed E-state index contributed by atoms with van der Waals surface area (Å²) in [7, 11) is 0. The standard InChI is InChI=1S/C12H22N2OS.ClH/c1-12(2)6-9(12)7-14-11(15)5-10-8-16-4-3-13-10;/h9-10,13H,3-8H2,1-2H3,(H,14,15);1H. The molecule has 1 amide bonds. The highest BCUT2D eigenvalue weighted by atomic mass is 35.5. The van der Waals surface area contributed by atoms with Gasteiger partial charge in [-0.2, -0.15) is 11.8 Å². The zero-order valence-electron chi connectivity index (χ0n) is 10.6. The molecule has 5 heteroatoms. The molecule has 0 radical (unpaired) electrons. The number of carbonyl (C=O) groups excluding carboxylic acids is 1. The van der Waals surface area contributed by atoms with Gasteiger partial charge in [-0.1, -0.05) is 13.8 Å². The fourth-order valence-corrected chi connectivity index (χ4v) is 3.16. The van der Waals surface area contributed by atoms with Crippen LogP contribution in [0.5, 0.6) is 0 Å². The van der Waals surface area contributed by atoms with E-state index in [4.69, 9.17) is 0 Å². The van der Waals surface area contributed by atoms with Crippen LogP contribution in [0.4, 0.5) is 0 Å². The SMILES string of the molecule is CC1(C)CC1CNC(=O)CC1CSCCN1.Cl. The molecule has 1 saturated carbocycles. The van der Waals surface area contributed by atoms with Crippen molar-refractivity contribution in [1.29, 1.82) is 0 Å². The van der Waals surface area contributed by atoms with Crippen LogP contribution in [0.25, 0.3) is 0 Å². The van der Waals surface area contributed by atoms with E-state index >= 15 is 0 Å². The van der Waals surface area contributed by atoms with Crippen molar-refractivity contribution in [2.75, 3.05) is 24.6 Å². The monoisotopic (exact) mass is 278 g/mol. The number of hydrogen-bond donors (Lipinski definition) is 2. The largest absolute Gasteiger partial charge is 0.356 e. The van der Waals surface area contributed by atoms with Gasteiger partial charge in [0.25, 0.3) is 0 Å². The predicted molar refractivity (Wildman–Crippen MR) is 75.9 cm³/mol. The summed E-state index contributed by atoms with van der Waals surface area (Å²) in [5.41, 5.74) is 0.465. The molecule has 2 fully saturated rings. The van der Waals surface area contributed by atoms with Gasteiger partial charge < -0.3 is 10.6 Å². The molecule has 3 nitrogen and oxygen atoms in total. The summed E-state index contributed by atoms with van der Waals surface area (Å²) in [6, 6.07) is 0.381. The molecule has 0 aromatic rings. The predicted octanol–water partition coefficient (Wildman–Crippen LogP) is 1.67. The normalized spacial score (nSPS) is 30.2. The minimum atomic E-state index is 0. The van der Waals surface area contributed by atoms with Crippen molar-refractivity contribution in [1.82, 2.24) is 10.6 Å². The smallest absolute Gasteiger partial charge is 0.221 e. The van der Waals surface area contributed by atoms with Gasteiger partial charge in [0.1, 0.15) is 0 Å². The first-order valence-electron chi connectivity index (χ1n) is 6.16. The number of nitrogens with one attached hydrogen (secondary N) is 2. The Morgan fingerprint density at radius 2 is 2.24 bits per heavy atom. The van der Waals surface area contributed by atoms with Crippen molar-refractivity contribution in [2.45, 2.75) is 32.7 Å². The highest BCUT2D eigenvalue weighted by Gasteiger charge is 2.45. The van der Waals surface area contributed by atoms with Crippen LogP contribution in [0.1, 0.15) is 26.7 Å². The van der Waals surface area contributed by atoms with E-state index in [1.807, 2.05) is 11.8 Å². The molecular formula is C12H23ClN2OS. The molecule has 2 rings (SSSR count). The van der Waals surface area contributed by atoms with Gasteiger partial charge in [-0.15, -0.1) is 12.4 Å². The molecule has 0 spiro atoms. The first-order valence-corrected chi connectivity index (χ1v) is 7.31. The van der Waals surface area contributed by atoms with Gasteiger partial charge in [-0.25, -0.2) is 0 Å². The Kier molecular flexibility index (Phi) is 5.61. The van der Waals surface area contributed by atoms with Gasteiger partial charge in [-0.3, -0.25) is 4.79 Å². The first kappa shape index (κ1) is 15.1. The van der Waals surface area contributed by atoms with Crippen molar-refractivity contribution >= 4 is 30.1 Å². The third-order valence-electron chi connectivity index (χ3n) is 3.69. The molecule has 2 atom stereocenters. The highest BCUT2D eigenvalue weighted by Crippen LogP contribution is 2.50. The third kappa shape index (κ3) is 4.68. The molecule has 1 heterocycles. The van der Waals surface area contributed by atoms with Crippen molar-refractivity contribution in [2.24, 2.45) is 11.3 Å². The molecule has 1 aliphatic heterocycles. The summed E-state index contributed by atoms with van der Waals surface area (Å²) in [5, 5.41) is 6.45. The minimum absolute atomic E-state index is 0. The number of hydrogen-bond acceptors (Lipinski definition) is 3. The molecule has 2 unspecified atom stereocenters. The Hall–Kier alpha value is 0.0700. The van der Waals surface area contributed by atoms with Gasteiger partial charge in [0.05, 0.1) is 0 Å². The first-order chi connectivity index (χ1) is 7.58. The zero-order chi connectivity index (χ0) is 11.6. The van der Waals surface area contributed by atoms with Crippen LogP contribution in [0, 0.1) is 11.3 Å². The lowest BCUT2D eigenvalue weighted by molar-refractivity contribution is -0.121. The average Bonchev–Trinajstić information content (AvgIpc) is 2.85. The molecule has 0 aromatic carbocycles. The summed E-state index contributed by atoms with van der Waals surface area (Å²) in [6.07, 6.45) is 1.89. The van der Waals surface area contributed by atoms with Gasteiger partial charge >= 0.3 is 0 Å². The maximum absolute atomic E-state index is 11.7. The van der Waals surface area contributed by atoms with Gasteiger partial charge in [0.15, 0.2) is 0 Å². The maximum atomic E-state index is 11.7. The van der Waals surface area contributed by atoms with E-state index in [0.29, 0.717) is 23.8 Å². The minimum Gasteiger partial charge on any atom is -0.356 e. The second-order valence-electron chi connectivity index (χ2n) is 5.62. The van der Waals surface area contributed by atoms with Crippen LogP contribution in [-0.2, 0) is 4.79 Å². The molecule has 2 aliphatic rings. The van der Waals surface area contributed by atoms with Crippen LogP contribution in [0.2, 0.25) is 0 Å². The Balaban J connectivity index is 0.00000144. The lowest BCUT2D eigenvalue weighted by Crippen LogP contribution is -2.41. The van der Waals surface area contributed by atoms with Crippen molar-refractivity contribution in [3.8, 4) is 0 Å². The van der Waals surface area contributed by atoms with Crippen LogP contribution in [-0.4, -0.2) is 36.5 Å². The maximum Gasteiger partial charge on any atom is 0.221 e. The van der Waals surface area contributed by atoms with Crippen molar-refractivity contribution in [3.63, 3.8) is 0 Å². The van der Waals surface area contributed by atoms with Crippen LogP contribution in [0.15, 0.2) is 0 Å². The van der Waals surface area contributed by atoms with Crippen molar-refractivity contribution in [3.05, 3.63) is 0 Å². The second kappa shape index (κ2) is 6.30. The number of halogens is 1. The summed E-state index contributed by atoms with van der Waals surface area (Å²) >= 11 is 1.94. The summed E-state index contributed by atoms with van der Waals surface area (Å²) in [6.45, 7) is 6.44. The van der Waals surface area contributed by atoms with Crippen molar-refractivity contribution < 1.29 is 4.79 Å². The van der Waals surface area contributed by atoms with E-state index in [9.17, 15) is 4.79 Å². The van der Waals surface area contributed by atoms with Crippen LogP contribution >= 0.6 is 24.2 Å². The molecule has 100 valence electrons. The lowest BCUT2D eigenvalue weighted by atomic mass is 10.1. The van der Waals surface area contributed by atoms with E-state index in [-0.39, 0.29) is 18.3 Å². The number of thioether (sulfide) groups is 1. The third-order valence-corrected chi connectivity index (χ3v) is 4.82. The fourth-order valence-electron chi connectivity index (χ4n) is 2.21. The second-order valence-corrected chi connectivity index (χ2v) is 6.77. The molecule has 1 saturated heterocycles. The molecule has 2 N–H and O–H groups in total. The molecule has 0 bridgehead atoms. The van der Waals surface area contributed by atoms with Gasteiger partial charge in [-0.05, 0) is 17.8 Å². The summed E-state index contributed by atoms with van der Waals surface area (Å²) in [5.74, 6) is 3.16. The molecule has 17 heavy (non-hydrogen) atoms. The summed E-state index contributed by atoms with van der Waals surface area (Å²) < 4.78 is 0. The Morgan fingerprint density at radius 1 is 1.53 bits per heavy atom. The van der Waals surface area contributed by atoms with E-state index in [2.05, 4.69) is 24.5 Å². The number of rotatable bonds is 4. The lowest BCUT2D eigenvalue weighted by Gasteiger charge is -2.22. The molecular weight excluding hydrogens is 256 g/mol. The Bertz CT molecular complexity index is 267. The average molecular weight is 279 g/mol. The Labute approximate surface area is 114 Å². The Morgan fingerprint density at radius 3 is 2.76 bits per heavy atom. The fraction of sp³-hybridized carbons (Fsp3) is 0.917. The molecule has 1 aliphatic carbocycles. The zero-order valence-corrected chi connectivity index (χ0v) is 12.3. The van der Waals surface area contributed by atoms with E-state index in [1.54, 1.807) is 0 Å².